The molecule has 0 aliphatic carbocycles. The van der Waals surface area contributed by atoms with Crippen LogP contribution in [0.3, 0.4) is 0 Å². The number of aryl methyl sites for hydroxylation is 1. The SMILES string of the molecule is C=CC(=O)N1C[C@H](NC(=O)C2=C3NC(=O)N(c4ccc(Oc5ccccc5)cc4C)C4CCNC(S2)C34)[C@@H](OC)C1. The lowest BCUT2D eigenvalue weighted by atomic mass is 9.86. The van der Waals surface area contributed by atoms with E-state index in [1.165, 1.54) is 17.8 Å². The van der Waals surface area contributed by atoms with E-state index in [9.17, 15) is 14.4 Å². The van der Waals surface area contributed by atoms with Crippen molar-refractivity contribution in [3.8, 4) is 11.5 Å². The van der Waals surface area contributed by atoms with Crippen molar-refractivity contribution in [3.05, 3.63) is 77.4 Å². The van der Waals surface area contributed by atoms with Crippen LogP contribution in [-0.4, -0.2) is 73.1 Å². The highest BCUT2D eigenvalue weighted by Gasteiger charge is 2.52. The second-order valence-corrected chi connectivity index (χ2v) is 11.7. The first-order valence-corrected chi connectivity index (χ1v) is 14.6. The van der Waals surface area contributed by atoms with Crippen LogP contribution in [0.1, 0.15) is 12.0 Å². The molecule has 6 rings (SSSR count). The van der Waals surface area contributed by atoms with E-state index in [4.69, 9.17) is 9.47 Å². The Morgan fingerprint density at radius 2 is 1.95 bits per heavy atom. The molecule has 3 saturated heterocycles. The molecule has 41 heavy (non-hydrogen) atoms. The van der Waals surface area contributed by atoms with E-state index in [-0.39, 0.29) is 47.3 Å². The van der Waals surface area contributed by atoms with Gasteiger partial charge in [-0.05, 0) is 61.9 Å². The zero-order valence-corrected chi connectivity index (χ0v) is 23.8. The molecule has 0 radical (unpaired) electrons. The quantitative estimate of drug-likeness (QED) is 0.435. The van der Waals surface area contributed by atoms with Gasteiger partial charge in [0, 0.05) is 37.5 Å². The molecule has 0 aromatic heterocycles. The molecule has 2 aromatic rings. The fraction of sp³-hybridized carbons (Fsp3) is 0.367. The maximum absolute atomic E-state index is 13.6. The summed E-state index contributed by atoms with van der Waals surface area (Å²) in [6.07, 6.45) is 1.68. The minimum atomic E-state index is -0.369. The number of urea groups is 1. The number of rotatable bonds is 7. The normalized spacial score (nSPS) is 26.9. The lowest BCUT2D eigenvalue weighted by Gasteiger charge is -2.46. The minimum absolute atomic E-state index is 0.0470. The average Bonchev–Trinajstić information content (AvgIpc) is 3.56. The van der Waals surface area contributed by atoms with Gasteiger partial charge in [-0.1, -0.05) is 36.5 Å². The van der Waals surface area contributed by atoms with Crippen molar-refractivity contribution in [2.24, 2.45) is 5.92 Å². The van der Waals surface area contributed by atoms with Gasteiger partial charge in [0.1, 0.15) is 11.5 Å². The molecule has 0 bridgehead atoms. The summed E-state index contributed by atoms with van der Waals surface area (Å²) in [5.74, 6) is 0.895. The molecule has 3 N–H and O–H groups in total. The van der Waals surface area contributed by atoms with Gasteiger partial charge in [-0.3, -0.25) is 14.5 Å². The van der Waals surface area contributed by atoms with E-state index < -0.39 is 0 Å². The van der Waals surface area contributed by atoms with Crippen LogP contribution in [0.15, 0.2) is 71.8 Å². The molecule has 2 aromatic carbocycles. The lowest BCUT2D eigenvalue weighted by Crippen LogP contribution is -2.62. The second kappa shape index (κ2) is 11.2. The number of ether oxygens (including phenoxy) is 2. The highest BCUT2D eigenvalue weighted by atomic mass is 32.2. The number of nitrogens with zero attached hydrogens (tertiary/aromatic N) is 2. The summed E-state index contributed by atoms with van der Waals surface area (Å²) in [5.41, 5.74) is 2.39. The van der Waals surface area contributed by atoms with Gasteiger partial charge in [-0.2, -0.15) is 0 Å². The second-order valence-electron chi connectivity index (χ2n) is 10.6. The zero-order chi connectivity index (χ0) is 28.7. The molecule has 0 saturated carbocycles. The van der Waals surface area contributed by atoms with Crippen LogP contribution < -0.4 is 25.6 Å². The predicted molar refractivity (Wildman–Crippen MR) is 157 cm³/mol. The van der Waals surface area contributed by atoms with Crippen molar-refractivity contribution >= 4 is 35.3 Å². The Labute approximate surface area is 243 Å². The van der Waals surface area contributed by atoms with Crippen LogP contribution in [0.25, 0.3) is 0 Å². The largest absolute Gasteiger partial charge is 0.457 e. The number of piperidine rings is 1. The van der Waals surface area contributed by atoms with Crippen LogP contribution in [-0.2, 0) is 14.3 Å². The highest BCUT2D eigenvalue weighted by molar-refractivity contribution is 8.04. The van der Waals surface area contributed by atoms with Crippen LogP contribution in [0, 0.1) is 12.8 Å². The highest BCUT2D eigenvalue weighted by Crippen LogP contribution is 2.48. The van der Waals surface area contributed by atoms with Crippen molar-refractivity contribution in [2.45, 2.75) is 36.9 Å². The van der Waals surface area contributed by atoms with E-state index in [1.54, 1.807) is 12.0 Å². The number of amides is 4. The Hall–Kier alpha value is -3.80. The van der Waals surface area contributed by atoms with Crippen LogP contribution in [0.2, 0.25) is 0 Å². The summed E-state index contributed by atoms with van der Waals surface area (Å²) in [6, 6.07) is 14.6. The molecule has 3 unspecified atom stereocenters. The Morgan fingerprint density at radius 3 is 2.68 bits per heavy atom. The third-order valence-electron chi connectivity index (χ3n) is 8.13. The number of carbonyl (C=O) groups is 3. The summed E-state index contributed by atoms with van der Waals surface area (Å²) in [5, 5.41) is 9.60. The first kappa shape index (κ1) is 27.4. The molecule has 3 fully saturated rings. The molecular formula is C30H33N5O5S. The number of para-hydroxylation sites is 1. The molecule has 5 atom stereocenters. The monoisotopic (exact) mass is 575 g/mol. The summed E-state index contributed by atoms with van der Waals surface area (Å²) in [6.45, 7) is 6.96. The van der Waals surface area contributed by atoms with E-state index in [0.29, 0.717) is 29.4 Å². The number of carbonyl (C=O) groups excluding carboxylic acids is 3. The minimum Gasteiger partial charge on any atom is -0.457 e. The molecular weight excluding hydrogens is 542 g/mol. The predicted octanol–water partition coefficient (Wildman–Crippen LogP) is 3.11. The maximum Gasteiger partial charge on any atom is 0.326 e. The third-order valence-corrected chi connectivity index (χ3v) is 9.48. The van der Waals surface area contributed by atoms with E-state index in [0.717, 1.165) is 30.0 Å². The fourth-order valence-corrected chi connectivity index (χ4v) is 7.58. The van der Waals surface area contributed by atoms with Crippen molar-refractivity contribution in [2.75, 3.05) is 31.6 Å². The Kier molecular flexibility index (Phi) is 7.50. The van der Waals surface area contributed by atoms with Gasteiger partial charge in [-0.25, -0.2) is 4.79 Å². The molecule has 4 heterocycles. The van der Waals surface area contributed by atoms with Crippen molar-refractivity contribution in [1.29, 1.82) is 0 Å². The molecule has 0 spiro atoms. The average molecular weight is 576 g/mol. The number of hydrogen-bond donors (Lipinski definition) is 3. The topological polar surface area (TPSA) is 112 Å². The Balaban J connectivity index is 1.23. The molecule has 10 nitrogen and oxygen atoms in total. The van der Waals surface area contributed by atoms with Crippen LogP contribution >= 0.6 is 11.8 Å². The van der Waals surface area contributed by atoms with E-state index in [2.05, 4.69) is 22.5 Å². The Morgan fingerprint density at radius 1 is 1.15 bits per heavy atom. The Bertz CT molecular complexity index is 1420. The van der Waals surface area contributed by atoms with Gasteiger partial charge in [0.25, 0.3) is 5.91 Å². The first-order valence-electron chi connectivity index (χ1n) is 13.7. The van der Waals surface area contributed by atoms with Crippen LogP contribution in [0.4, 0.5) is 10.5 Å². The smallest absolute Gasteiger partial charge is 0.326 e. The van der Waals surface area contributed by atoms with Gasteiger partial charge in [-0.15, -0.1) is 0 Å². The number of anilines is 1. The third kappa shape index (κ3) is 5.09. The molecule has 4 amide bonds. The van der Waals surface area contributed by atoms with Gasteiger partial charge in [0.05, 0.1) is 28.5 Å². The number of nitrogens with one attached hydrogen (secondary N) is 3. The molecule has 214 valence electrons. The lowest BCUT2D eigenvalue weighted by molar-refractivity contribution is -0.125. The number of benzene rings is 2. The fourth-order valence-electron chi connectivity index (χ4n) is 6.18. The standard InChI is InChI=1S/C30H33N5O5S/c1-4-24(36)34-15-20(23(16-34)39-3)32-28(37)27-26-25-22(12-13-31-29(25)41-27)35(30(38)33-26)21-11-10-19(14-17(21)2)40-18-8-6-5-7-9-18/h4-11,14,20,22-23,25,29,31H,1,12-13,15-16H2,2-3H3,(H,32,37)(H,33,38)/t20-,22?,23-,25?,29?/m0/s1. The van der Waals surface area contributed by atoms with E-state index in [1.807, 2.05) is 60.4 Å². The van der Waals surface area contributed by atoms with Gasteiger partial charge < -0.3 is 30.3 Å². The molecule has 4 aliphatic rings. The number of hydrogen-bond acceptors (Lipinski definition) is 7. The van der Waals surface area contributed by atoms with E-state index >= 15 is 0 Å². The number of likely N-dealkylation sites (tertiary alicyclic amines) is 1. The summed E-state index contributed by atoms with van der Waals surface area (Å²) >= 11 is 1.45. The summed E-state index contributed by atoms with van der Waals surface area (Å²) in [7, 11) is 1.57. The van der Waals surface area contributed by atoms with Crippen molar-refractivity contribution < 1.29 is 23.9 Å². The summed E-state index contributed by atoms with van der Waals surface area (Å²) < 4.78 is 11.6. The van der Waals surface area contributed by atoms with Gasteiger partial charge >= 0.3 is 6.03 Å². The van der Waals surface area contributed by atoms with Crippen LogP contribution in [0.5, 0.6) is 11.5 Å². The number of methoxy groups -OCH3 is 1. The van der Waals surface area contributed by atoms with Gasteiger partial charge in [0.15, 0.2) is 0 Å². The number of thioether (sulfide) groups is 1. The summed E-state index contributed by atoms with van der Waals surface area (Å²) in [4.78, 5) is 43.3. The molecule has 4 aliphatic heterocycles. The maximum atomic E-state index is 13.6. The zero-order valence-electron chi connectivity index (χ0n) is 23.0. The van der Waals surface area contributed by atoms with Gasteiger partial charge in [0.2, 0.25) is 5.91 Å². The van der Waals surface area contributed by atoms with Crippen molar-refractivity contribution in [3.63, 3.8) is 0 Å². The molecule has 11 heteroatoms. The first-order chi connectivity index (χ1) is 19.9. The van der Waals surface area contributed by atoms with Crippen molar-refractivity contribution in [1.82, 2.24) is 20.9 Å².